The van der Waals surface area contributed by atoms with E-state index in [-0.39, 0.29) is 5.97 Å². The van der Waals surface area contributed by atoms with E-state index < -0.39 is 0 Å². The van der Waals surface area contributed by atoms with Crippen LogP contribution in [0.25, 0.3) is 0 Å². The van der Waals surface area contributed by atoms with Gasteiger partial charge in [-0.25, -0.2) is 0 Å². The lowest BCUT2D eigenvalue weighted by Gasteiger charge is -2.13. The van der Waals surface area contributed by atoms with Gasteiger partial charge < -0.3 is 4.74 Å². The number of thioether (sulfide) groups is 1. The molecule has 0 spiro atoms. The van der Waals surface area contributed by atoms with Gasteiger partial charge in [0.05, 0.1) is 13.5 Å². The second kappa shape index (κ2) is 6.33. The maximum absolute atomic E-state index is 11.0. The van der Waals surface area contributed by atoms with Gasteiger partial charge in [-0.1, -0.05) is 19.8 Å². The standard InChI is InChI=1S/C11H20O2S/c1-9(7-11(12)13-2)14-8-10-5-3-4-6-10/h9-10H,3-8H2,1-2H3. The van der Waals surface area contributed by atoms with Gasteiger partial charge in [0.25, 0.3) is 0 Å². The minimum atomic E-state index is -0.0866. The van der Waals surface area contributed by atoms with Crippen LogP contribution in [0, 0.1) is 5.92 Å². The second-order valence-corrected chi connectivity index (χ2v) is 5.55. The Morgan fingerprint density at radius 3 is 2.71 bits per heavy atom. The number of carbonyl (C=O) groups excluding carboxylic acids is 1. The molecule has 1 saturated carbocycles. The average molecular weight is 216 g/mol. The second-order valence-electron chi connectivity index (χ2n) is 4.07. The minimum absolute atomic E-state index is 0.0866. The van der Waals surface area contributed by atoms with E-state index in [0.29, 0.717) is 11.7 Å². The summed E-state index contributed by atoms with van der Waals surface area (Å²) >= 11 is 1.92. The first kappa shape index (κ1) is 11.9. The third-order valence-corrected chi connectivity index (χ3v) is 4.17. The van der Waals surface area contributed by atoms with Crippen LogP contribution in [-0.4, -0.2) is 24.1 Å². The highest BCUT2D eigenvalue weighted by Gasteiger charge is 2.17. The van der Waals surface area contributed by atoms with Crippen LogP contribution < -0.4 is 0 Å². The summed E-state index contributed by atoms with van der Waals surface area (Å²) in [6, 6.07) is 0. The lowest BCUT2D eigenvalue weighted by molar-refractivity contribution is -0.140. The Balaban J connectivity index is 2.07. The maximum atomic E-state index is 11.0. The zero-order valence-electron chi connectivity index (χ0n) is 9.12. The smallest absolute Gasteiger partial charge is 0.306 e. The summed E-state index contributed by atoms with van der Waals surface area (Å²) in [5.74, 6) is 2.04. The van der Waals surface area contributed by atoms with Gasteiger partial charge in [-0.3, -0.25) is 4.79 Å². The van der Waals surface area contributed by atoms with Gasteiger partial charge >= 0.3 is 5.97 Å². The molecule has 0 aliphatic heterocycles. The number of ether oxygens (including phenoxy) is 1. The summed E-state index contributed by atoms with van der Waals surface area (Å²) in [7, 11) is 1.46. The van der Waals surface area contributed by atoms with E-state index >= 15 is 0 Å². The van der Waals surface area contributed by atoms with Crippen LogP contribution in [-0.2, 0) is 9.53 Å². The summed E-state index contributed by atoms with van der Waals surface area (Å²) in [6.07, 6.45) is 6.12. The summed E-state index contributed by atoms with van der Waals surface area (Å²) < 4.78 is 4.64. The van der Waals surface area contributed by atoms with Gasteiger partial charge in [0.15, 0.2) is 0 Å². The molecule has 82 valence electrons. The summed E-state index contributed by atoms with van der Waals surface area (Å²) in [4.78, 5) is 11.0. The molecular weight excluding hydrogens is 196 g/mol. The topological polar surface area (TPSA) is 26.3 Å². The van der Waals surface area contributed by atoms with E-state index in [4.69, 9.17) is 0 Å². The fraction of sp³-hybridized carbons (Fsp3) is 0.909. The van der Waals surface area contributed by atoms with Crippen molar-refractivity contribution >= 4 is 17.7 Å². The van der Waals surface area contributed by atoms with Crippen molar-refractivity contribution in [2.45, 2.75) is 44.3 Å². The molecule has 2 nitrogen and oxygen atoms in total. The van der Waals surface area contributed by atoms with Gasteiger partial charge in [0.2, 0.25) is 0 Å². The van der Waals surface area contributed by atoms with Crippen LogP contribution in [0.2, 0.25) is 0 Å². The SMILES string of the molecule is COC(=O)CC(C)SCC1CCCC1. The number of esters is 1. The predicted octanol–water partition coefficient (Wildman–Crippen LogP) is 2.86. The van der Waals surface area contributed by atoms with Crippen LogP contribution in [0.3, 0.4) is 0 Å². The van der Waals surface area contributed by atoms with Crippen molar-refractivity contribution < 1.29 is 9.53 Å². The highest BCUT2D eigenvalue weighted by atomic mass is 32.2. The van der Waals surface area contributed by atoms with Gasteiger partial charge in [0, 0.05) is 5.25 Å². The van der Waals surface area contributed by atoms with Crippen LogP contribution in [0.5, 0.6) is 0 Å². The van der Waals surface area contributed by atoms with Crippen molar-refractivity contribution in [2.75, 3.05) is 12.9 Å². The Bertz CT molecular complexity index is 176. The summed E-state index contributed by atoms with van der Waals surface area (Å²) in [5, 5.41) is 0.406. The molecule has 1 aliphatic rings. The van der Waals surface area contributed by atoms with Crippen molar-refractivity contribution in [1.82, 2.24) is 0 Å². The fourth-order valence-corrected chi connectivity index (χ4v) is 3.04. The molecule has 0 heterocycles. The largest absolute Gasteiger partial charge is 0.469 e. The molecule has 1 fully saturated rings. The molecule has 1 aliphatic carbocycles. The normalized spacial score (nSPS) is 19.6. The molecule has 0 amide bonds. The number of hydrogen-bond donors (Lipinski definition) is 0. The monoisotopic (exact) mass is 216 g/mol. The molecule has 0 radical (unpaired) electrons. The van der Waals surface area contributed by atoms with E-state index in [9.17, 15) is 4.79 Å². The number of methoxy groups -OCH3 is 1. The molecule has 0 aromatic carbocycles. The Hall–Kier alpha value is -0.180. The molecule has 3 heteroatoms. The van der Waals surface area contributed by atoms with Crippen LogP contribution >= 0.6 is 11.8 Å². The molecule has 1 atom stereocenters. The number of hydrogen-bond acceptors (Lipinski definition) is 3. The minimum Gasteiger partial charge on any atom is -0.469 e. The third kappa shape index (κ3) is 4.36. The van der Waals surface area contributed by atoms with Gasteiger partial charge in [-0.15, -0.1) is 0 Å². The molecule has 0 bridgehead atoms. The van der Waals surface area contributed by atoms with Gasteiger partial charge in [-0.05, 0) is 24.5 Å². The van der Waals surface area contributed by atoms with E-state index in [0.717, 1.165) is 5.92 Å². The van der Waals surface area contributed by atoms with Gasteiger partial charge in [-0.2, -0.15) is 11.8 Å². The first-order chi connectivity index (χ1) is 6.72. The van der Waals surface area contributed by atoms with Crippen molar-refractivity contribution in [1.29, 1.82) is 0 Å². The van der Waals surface area contributed by atoms with Crippen LogP contribution in [0.4, 0.5) is 0 Å². The quantitative estimate of drug-likeness (QED) is 0.661. The zero-order valence-corrected chi connectivity index (χ0v) is 9.94. The van der Waals surface area contributed by atoms with E-state index in [1.54, 1.807) is 0 Å². The third-order valence-electron chi connectivity index (χ3n) is 2.77. The first-order valence-electron chi connectivity index (χ1n) is 5.40. The summed E-state index contributed by atoms with van der Waals surface area (Å²) in [6.45, 7) is 2.11. The molecule has 0 aromatic rings. The summed E-state index contributed by atoms with van der Waals surface area (Å²) in [5.41, 5.74) is 0. The molecule has 0 aromatic heterocycles. The van der Waals surface area contributed by atoms with Crippen molar-refractivity contribution in [3.8, 4) is 0 Å². The highest BCUT2D eigenvalue weighted by molar-refractivity contribution is 7.99. The Morgan fingerprint density at radius 2 is 2.14 bits per heavy atom. The van der Waals surface area contributed by atoms with E-state index in [1.807, 2.05) is 11.8 Å². The molecule has 1 rings (SSSR count). The Labute approximate surface area is 90.8 Å². The predicted molar refractivity (Wildman–Crippen MR) is 60.5 cm³/mol. The Morgan fingerprint density at radius 1 is 1.50 bits per heavy atom. The Kier molecular flexibility index (Phi) is 5.38. The van der Waals surface area contributed by atoms with Crippen molar-refractivity contribution in [2.24, 2.45) is 5.92 Å². The van der Waals surface area contributed by atoms with Crippen LogP contribution in [0.15, 0.2) is 0 Å². The average Bonchev–Trinajstić information content (AvgIpc) is 2.67. The zero-order chi connectivity index (χ0) is 10.4. The van der Waals surface area contributed by atoms with E-state index in [1.165, 1.54) is 38.5 Å². The number of carbonyl (C=O) groups is 1. The molecule has 0 N–H and O–H groups in total. The first-order valence-corrected chi connectivity index (χ1v) is 6.45. The lowest BCUT2D eigenvalue weighted by Crippen LogP contribution is -2.10. The van der Waals surface area contributed by atoms with Crippen LogP contribution in [0.1, 0.15) is 39.0 Å². The lowest BCUT2D eigenvalue weighted by atomic mass is 10.1. The maximum Gasteiger partial charge on any atom is 0.306 e. The van der Waals surface area contributed by atoms with E-state index in [2.05, 4.69) is 11.7 Å². The molecule has 14 heavy (non-hydrogen) atoms. The van der Waals surface area contributed by atoms with Gasteiger partial charge in [0.1, 0.15) is 0 Å². The van der Waals surface area contributed by atoms with Crippen molar-refractivity contribution in [3.05, 3.63) is 0 Å². The van der Waals surface area contributed by atoms with Crippen molar-refractivity contribution in [3.63, 3.8) is 0 Å². The molecule has 1 unspecified atom stereocenters. The fourth-order valence-electron chi connectivity index (χ4n) is 1.85. The molecule has 0 saturated heterocycles. The highest BCUT2D eigenvalue weighted by Crippen LogP contribution is 2.29. The molecular formula is C11H20O2S. The number of rotatable bonds is 5.